The minimum absolute atomic E-state index is 0.0176. The van der Waals surface area contributed by atoms with Crippen LogP contribution in [0.2, 0.25) is 0 Å². The van der Waals surface area contributed by atoms with Crippen LogP contribution in [0, 0.1) is 0 Å². The first-order chi connectivity index (χ1) is 12.1. The SMILES string of the molecule is C[C@@H](O)[C@H](NC(=O)[C@H](CCCCN)NC(=O)[C@@H](N)CCC(N)=O)C(=O)O. The van der Waals surface area contributed by atoms with Gasteiger partial charge in [0.05, 0.1) is 12.1 Å². The van der Waals surface area contributed by atoms with Gasteiger partial charge in [0.25, 0.3) is 0 Å². The maximum atomic E-state index is 12.3. The number of rotatable bonds is 13. The van der Waals surface area contributed by atoms with Gasteiger partial charge < -0.3 is 38.0 Å². The lowest BCUT2D eigenvalue weighted by atomic mass is 10.1. The summed E-state index contributed by atoms with van der Waals surface area (Å²) in [6, 6.07) is -3.60. The highest BCUT2D eigenvalue weighted by atomic mass is 16.4. The van der Waals surface area contributed by atoms with Gasteiger partial charge in [0.15, 0.2) is 6.04 Å². The Kier molecular flexibility index (Phi) is 11.1. The van der Waals surface area contributed by atoms with Crippen molar-refractivity contribution in [3.8, 4) is 0 Å². The van der Waals surface area contributed by atoms with Crippen molar-refractivity contribution in [1.82, 2.24) is 10.6 Å². The van der Waals surface area contributed by atoms with Crippen LogP contribution in [0.5, 0.6) is 0 Å². The molecule has 4 atom stereocenters. The van der Waals surface area contributed by atoms with Crippen molar-refractivity contribution in [2.45, 2.75) is 63.3 Å². The first-order valence-electron chi connectivity index (χ1n) is 8.35. The lowest BCUT2D eigenvalue weighted by Gasteiger charge is -2.24. The van der Waals surface area contributed by atoms with Gasteiger partial charge in [-0.1, -0.05) is 0 Å². The zero-order valence-corrected chi connectivity index (χ0v) is 14.8. The molecule has 0 rings (SSSR count). The van der Waals surface area contributed by atoms with Crippen LogP contribution in [0.4, 0.5) is 0 Å². The standard InChI is InChI=1S/C15H29N5O6/c1-8(21)12(15(25)26)20-14(24)10(4-2-3-7-16)19-13(23)9(17)5-6-11(18)22/h8-10,12,21H,2-7,16-17H2,1H3,(H2,18,22)(H,19,23)(H,20,24)(H,25,26)/t8-,9+,10+,12+/m1/s1. The number of hydrogen-bond acceptors (Lipinski definition) is 7. The van der Waals surface area contributed by atoms with Crippen molar-refractivity contribution in [3.05, 3.63) is 0 Å². The first-order valence-corrected chi connectivity index (χ1v) is 8.35. The van der Waals surface area contributed by atoms with Crippen LogP contribution in [0.1, 0.15) is 39.0 Å². The molecule has 0 aromatic heterocycles. The van der Waals surface area contributed by atoms with Gasteiger partial charge in [-0.15, -0.1) is 0 Å². The van der Waals surface area contributed by atoms with E-state index in [0.717, 1.165) is 0 Å². The van der Waals surface area contributed by atoms with E-state index in [4.69, 9.17) is 22.3 Å². The lowest BCUT2D eigenvalue weighted by molar-refractivity contribution is -0.145. The fourth-order valence-electron chi connectivity index (χ4n) is 2.11. The van der Waals surface area contributed by atoms with E-state index < -0.39 is 47.9 Å². The monoisotopic (exact) mass is 375 g/mol. The highest BCUT2D eigenvalue weighted by molar-refractivity contribution is 5.92. The number of hydrogen-bond donors (Lipinski definition) is 7. The minimum Gasteiger partial charge on any atom is -0.480 e. The number of aliphatic hydroxyl groups is 1. The van der Waals surface area contributed by atoms with Gasteiger partial charge in [0, 0.05) is 6.42 Å². The molecule has 11 heteroatoms. The number of nitrogens with two attached hydrogens (primary N) is 3. The molecule has 0 saturated heterocycles. The maximum Gasteiger partial charge on any atom is 0.328 e. The molecule has 3 amide bonds. The summed E-state index contributed by atoms with van der Waals surface area (Å²) in [6.45, 7) is 1.62. The van der Waals surface area contributed by atoms with Gasteiger partial charge in [-0.05, 0) is 39.2 Å². The molecule has 0 heterocycles. The quantitative estimate of drug-likeness (QED) is 0.166. The zero-order chi connectivity index (χ0) is 20.3. The Morgan fingerprint density at radius 1 is 1.04 bits per heavy atom. The number of carbonyl (C=O) groups is 4. The van der Waals surface area contributed by atoms with Gasteiger partial charge in [-0.25, -0.2) is 4.79 Å². The highest BCUT2D eigenvalue weighted by Gasteiger charge is 2.30. The van der Waals surface area contributed by atoms with E-state index in [-0.39, 0.29) is 19.3 Å². The van der Waals surface area contributed by atoms with Gasteiger partial charge in [0.1, 0.15) is 6.04 Å². The van der Waals surface area contributed by atoms with Crippen molar-refractivity contribution in [1.29, 1.82) is 0 Å². The molecule has 11 nitrogen and oxygen atoms in total. The van der Waals surface area contributed by atoms with E-state index in [0.29, 0.717) is 19.4 Å². The number of aliphatic hydroxyl groups excluding tert-OH is 1. The molecule has 0 spiro atoms. The number of carboxylic acids is 1. The fraction of sp³-hybridized carbons (Fsp3) is 0.733. The number of carbonyl (C=O) groups excluding carboxylic acids is 3. The van der Waals surface area contributed by atoms with Crippen LogP contribution < -0.4 is 27.8 Å². The van der Waals surface area contributed by atoms with Crippen molar-refractivity contribution >= 4 is 23.7 Å². The molecule has 0 aromatic carbocycles. The third-order valence-electron chi connectivity index (χ3n) is 3.66. The van der Waals surface area contributed by atoms with Gasteiger partial charge in [0.2, 0.25) is 17.7 Å². The van der Waals surface area contributed by atoms with E-state index in [2.05, 4.69) is 10.6 Å². The summed E-state index contributed by atoms with van der Waals surface area (Å²) in [7, 11) is 0. The molecule has 0 unspecified atom stereocenters. The Bertz CT molecular complexity index is 499. The summed E-state index contributed by atoms with van der Waals surface area (Å²) in [5.74, 6) is -3.43. The molecule has 0 radical (unpaired) electrons. The third kappa shape index (κ3) is 9.30. The summed E-state index contributed by atoms with van der Waals surface area (Å²) in [5, 5.41) is 23.1. The Morgan fingerprint density at radius 2 is 1.65 bits per heavy atom. The van der Waals surface area contributed by atoms with Gasteiger partial charge >= 0.3 is 5.97 Å². The second-order valence-corrected chi connectivity index (χ2v) is 6.02. The molecule has 150 valence electrons. The molecular formula is C15H29N5O6. The number of aliphatic carboxylic acids is 1. The third-order valence-corrected chi connectivity index (χ3v) is 3.66. The summed E-state index contributed by atoms with van der Waals surface area (Å²) in [6.07, 6.45) is -0.0616. The Morgan fingerprint density at radius 3 is 2.12 bits per heavy atom. The lowest BCUT2D eigenvalue weighted by Crippen LogP contribution is -2.56. The average molecular weight is 375 g/mol. The molecule has 10 N–H and O–H groups in total. The van der Waals surface area contributed by atoms with E-state index >= 15 is 0 Å². The van der Waals surface area contributed by atoms with Crippen LogP contribution in [0.3, 0.4) is 0 Å². The number of nitrogens with one attached hydrogen (secondary N) is 2. The molecule has 0 aliphatic heterocycles. The molecule has 26 heavy (non-hydrogen) atoms. The van der Waals surface area contributed by atoms with Crippen molar-refractivity contribution < 1.29 is 29.4 Å². The van der Waals surface area contributed by atoms with E-state index in [1.807, 2.05) is 0 Å². The molecular weight excluding hydrogens is 346 g/mol. The number of unbranched alkanes of at least 4 members (excludes halogenated alkanes) is 1. The van der Waals surface area contributed by atoms with E-state index in [1.54, 1.807) is 0 Å². The second kappa shape index (κ2) is 12.2. The van der Waals surface area contributed by atoms with Crippen LogP contribution in [0.25, 0.3) is 0 Å². The second-order valence-electron chi connectivity index (χ2n) is 6.02. The Balaban J connectivity index is 4.96. The molecule has 0 bridgehead atoms. The topological polar surface area (TPSA) is 211 Å². The molecule has 0 saturated carbocycles. The van der Waals surface area contributed by atoms with Crippen LogP contribution in [-0.4, -0.2) is 64.7 Å². The Labute approximate surface area is 151 Å². The fourth-order valence-corrected chi connectivity index (χ4v) is 2.11. The highest BCUT2D eigenvalue weighted by Crippen LogP contribution is 2.04. The average Bonchev–Trinajstić information content (AvgIpc) is 2.55. The smallest absolute Gasteiger partial charge is 0.328 e. The predicted molar refractivity (Wildman–Crippen MR) is 92.5 cm³/mol. The van der Waals surface area contributed by atoms with E-state index in [1.165, 1.54) is 6.92 Å². The summed E-state index contributed by atoms with van der Waals surface area (Å²) >= 11 is 0. The molecule has 0 aliphatic carbocycles. The number of amides is 3. The summed E-state index contributed by atoms with van der Waals surface area (Å²) < 4.78 is 0. The minimum atomic E-state index is -1.51. The summed E-state index contributed by atoms with van der Waals surface area (Å²) in [4.78, 5) is 46.3. The maximum absolute atomic E-state index is 12.3. The van der Waals surface area contributed by atoms with Crippen molar-refractivity contribution in [3.63, 3.8) is 0 Å². The predicted octanol–water partition coefficient (Wildman–Crippen LogP) is -2.86. The normalized spacial score (nSPS) is 15.4. The van der Waals surface area contributed by atoms with Crippen LogP contribution >= 0.6 is 0 Å². The molecule has 0 aromatic rings. The van der Waals surface area contributed by atoms with Crippen LogP contribution in [-0.2, 0) is 19.2 Å². The van der Waals surface area contributed by atoms with Crippen molar-refractivity contribution in [2.75, 3.05) is 6.54 Å². The molecule has 0 fully saturated rings. The van der Waals surface area contributed by atoms with Gasteiger partial charge in [-0.3, -0.25) is 14.4 Å². The van der Waals surface area contributed by atoms with E-state index in [9.17, 15) is 24.3 Å². The number of carboxylic acid groups (broad SMARTS) is 1. The van der Waals surface area contributed by atoms with Crippen LogP contribution in [0.15, 0.2) is 0 Å². The molecule has 0 aliphatic rings. The largest absolute Gasteiger partial charge is 0.480 e. The van der Waals surface area contributed by atoms with Crippen molar-refractivity contribution in [2.24, 2.45) is 17.2 Å². The zero-order valence-electron chi connectivity index (χ0n) is 14.8. The first kappa shape index (κ1) is 23.8. The Hall–Kier alpha value is -2.24. The summed E-state index contributed by atoms with van der Waals surface area (Å²) in [5.41, 5.74) is 16.1. The number of primary amides is 1. The van der Waals surface area contributed by atoms with Gasteiger partial charge in [-0.2, -0.15) is 0 Å².